The summed E-state index contributed by atoms with van der Waals surface area (Å²) < 4.78 is 11.2. The van der Waals surface area contributed by atoms with Crippen molar-refractivity contribution < 1.29 is 29.0 Å². The maximum Gasteiger partial charge on any atom is 0.414 e. The molecule has 3 aromatic rings. The number of benzene rings is 3. The molecule has 0 spiro atoms. The summed E-state index contributed by atoms with van der Waals surface area (Å²) in [6, 6.07) is 26.8. The molecule has 1 N–H and O–H groups in total. The van der Waals surface area contributed by atoms with Gasteiger partial charge >= 0.3 is 18.0 Å². The van der Waals surface area contributed by atoms with Crippen LogP contribution in [0.25, 0.3) is 0 Å². The fraction of sp³-hybridized carbons (Fsp3) is 0.192. The number of carboxylic acid groups (broad SMARTS) is 1. The molecule has 2 atom stereocenters. The van der Waals surface area contributed by atoms with Gasteiger partial charge in [-0.05, 0) is 11.1 Å². The van der Waals surface area contributed by atoms with Gasteiger partial charge in [-0.2, -0.15) is 0 Å². The Morgan fingerprint density at radius 1 is 0.879 bits per heavy atom. The van der Waals surface area contributed by atoms with E-state index in [1.165, 1.54) is 0 Å². The van der Waals surface area contributed by atoms with Crippen molar-refractivity contribution in [2.75, 3.05) is 0 Å². The second kappa shape index (κ2) is 9.56. The Hall–Kier alpha value is -4.13. The van der Waals surface area contributed by atoms with Crippen molar-refractivity contribution in [3.8, 4) is 0 Å². The minimum atomic E-state index is -1.76. The van der Waals surface area contributed by atoms with Crippen LogP contribution in [-0.4, -0.2) is 33.6 Å². The average Bonchev–Trinajstić information content (AvgIpc) is 3.10. The Bertz CT molecular complexity index is 1120. The molecule has 1 heterocycles. The Kier molecular flexibility index (Phi) is 6.40. The second-order valence-corrected chi connectivity index (χ2v) is 7.84. The first-order valence-electron chi connectivity index (χ1n) is 10.5. The van der Waals surface area contributed by atoms with Crippen molar-refractivity contribution in [2.24, 2.45) is 0 Å². The number of hydrogen-bond donors (Lipinski definition) is 1. The van der Waals surface area contributed by atoms with Gasteiger partial charge in [-0.3, -0.25) is 9.69 Å². The molecule has 1 amide bonds. The number of rotatable bonds is 7. The number of aliphatic carboxylic acids is 1. The van der Waals surface area contributed by atoms with Gasteiger partial charge in [0.15, 0.2) is 5.54 Å². The van der Waals surface area contributed by atoms with Crippen LogP contribution in [0.3, 0.4) is 0 Å². The van der Waals surface area contributed by atoms with Gasteiger partial charge in [0, 0.05) is 12.0 Å². The number of hydrogen-bond acceptors (Lipinski definition) is 5. The molecule has 0 radical (unpaired) electrons. The molecule has 7 nitrogen and oxygen atoms in total. The lowest BCUT2D eigenvalue weighted by atomic mass is 9.86. The molecule has 1 fully saturated rings. The van der Waals surface area contributed by atoms with E-state index in [4.69, 9.17) is 9.47 Å². The van der Waals surface area contributed by atoms with Gasteiger partial charge in [-0.15, -0.1) is 0 Å². The van der Waals surface area contributed by atoms with Crippen molar-refractivity contribution in [2.45, 2.75) is 31.2 Å². The summed E-state index contributed by atoms with van der Waals surface area (Å²) in [6.07, 6.45) is -2.58. The number of nitrogens with zero attached hydrogens (tertiary/aromatic N) is 1. The quantitative estimate of drug-likeness (QED) is 0.544. The number of amides is 1. The Morgan fingerprint density at radius 3 is 2.00 bits per heavy atom. The van der Waals surface area contributed by atoms with Crippen LogP contribution < -0.4 is 0 Å². The van der Waals surface area contributed by atoms with E-state index < -0.39 is 36.2 Å². The number of cyclic esters (lactones) is 1. The SMILES string of the molecule is O=C(O)C[C@@]1(Cc2ccccc2)C(=O)O[C@H](c2ccccc2)N1C(=O)OCc1ccccc1. The minimum Gasteiger partial charge on any atom is -0.481 e. The Morgan fingerprint density at radius 2 is 1.42 bits per heavy atom. The molecule has 33 heavy (non-hydrogen) atoms. The number of carboxylic acids is 1. The van der Waals surface area contributed by atoms with Crippen molar-refractivity contribution in [3.05, 3.63) is 108 Å². The smallest absolute Gasteiger partial charge is 0.414 e. The summed E-state index contributed by atoms with van der Waals surface area (Å²) in [5, 5.41) is 9.71. The van der Waals surface area contributed by atoms with Crippen LogP contribution in [0.15, 0.2) is 91.0 Å². The van der Waals surface area contributed by atoms with Crippen molar-refractivity contribution in [1.29, 1.82) is 0 Å². The molecule has 4 rings (SSSR count). The molecule has 0 aliphatic carbocycles. The Balaban J connectivity index is 1.74. The Labute approximate surface area is 191 Å². The van der Waals surface area contributed by atoms with Crippen LogP contribution in [0.5, 0.6) is 0 Å². The fourth-order valence-corrected chi connectivity index (χ4v) is 4.04. The lowest BCUT2D eigenvalue weighted by Crippen LogP contribution is -2.54. The van der Waals surface area contributed by atoms with Crippen LogP contribution in [0, 0.1) is 0 Å². The van der Waals surface area contributed by atoms with E-state index in [2.05, 4.69) is 0 Å². The number of carbonyl (C=O) groups is 3. The standard InChI is InChI=1S/C26H23NO6/c28-22(29)17-26(16-19-10-4-1-5-11-19)24(30)33-23(21-14-8-3-9-15-21)27(26)25(31)32-18-20-12-6-2-7-13-20/h1-15,23H,16-18H2,(H,28,29)/t23-,26+/m1/s1. The molecule has 0 bridgehead atoms. The molecular weight excluding hydrogens is 422 g/mol. The normalized spacial score (nSPS) is 19.7. The van der Waals surface area contributed by atoms with Gasteiger partial charge in [-0.1, -0.05) is 91.0 Å². The molecule has 7 heteroatoms. The summed E-state index contributed by atoms with van der Waals surface area (Å²) in [7, 11) is 0. The molecular formula is C26H23NO6. The lowest BCUT2D eigenvalue weighted by molar-refractivity contribution is -0.150. The van der Waals surface area contributed by atoms with Gasteiger partial charge in [0.1, 0.15) is 6.61 Å². The molecule has 1 aliphatic heterocycles. The third-order valence-electron chi connectivity index (χ3n) is 5.56. The summed E-state index contributed by atoms with van der Waals surface area (Å²) in [5.74, 6) is -2.00. The summed E-state index contributed by atoms with van der Waals surface area (Å²) in [6.45, 7) is -0.0274. The third kappa shape index (κ3) is 4.72. The van der Waals surface area contributed by atoms with Crippen molar-refractivity contribution in [1.82, 2.24) is 4.90 Å². The molecule has 3 aromatic carbocycles. The second-order valence-electron chi connectivity index (χ2n) is 7.84. The van der Waals surface area contributed by atoms with Crippen molar-refractivity contribution >= 4 is 18.0 Å². The molecule has 0 aromatic heterocycles. The van der Waals surface area contributed by atoms with E-state index in [0.717, 1.165) is 10.5 Å². The van der Waals surface area contributed by atoms with Gasteiger partial charge in [0.2, 0.25) is 6.23 Å². The number of esters is 1. The number of carbonyl (C=O) groups excluding carboxylic acids is 2. The largest absolute Gasteiger partial charge is 0.481 e. The molecule has 0 unspecified atom stereocenters. The zero-order valence-corrected chi connectivity index (χ0v) is 17.8. The van der Waals surface area contributed by atoms with E-state index in [1.54, 1.807) is 54.6 Å². The molecule has 1 saturated heterocycles. The predicted molar refractivity (Wildman–Crippen MR) is 119 cm³/mol. The maximum absolute atomic E-state index is 13.4. The molecule has 0 saturated carbocycles. The van der Waals surface area contributed by atoms with Crippen molar-refractivity contribution in [3.63, 3.8) is 0 Å². The first-order valence-corrected chi connectivity index (χ1v) is 10.5. The monoisotopic (exact) mass is 445 g/mol. The van der Waals surface area contributed by atoms with Crippen LogP contribution in [0.4, 0.5) is 4.79 Å². The fourth-order valence-electron chi connectivity index (χ4n) is 4.04. The highest BCUT2D eigenvalue weighted by Crippen LogP contribution is 2.43. The zero-order valence-electron chi connectivity index (χ0n) is 17.8. The van der Waals surface area contributed by atoms with Crippen LogP contribution in [-0.2, 0) is 32.1 Å². The first kappa shape index (κ1) is 22.1. The van der Waals surface area contributed by atoms with Crippen LogP contribution >= 0.6 is 0 Å². The summed E-state index contributed by atoms with van der Waals surface area (Å²) in [5.41, 5.74) is 0.245. The van der Waals surface area contributed by atoms with Crippen LogP contribution in [0.2, 0.25) is 0 Å². The maximum atomic E-state index is 13.4. The first-order chi connectivity index (χ1) is 16.0. The highest BCUT2D eigenvalue weighted by Gasteiger charge is 2.59. The van der Waals surface area contributed by atoms with Gasteiger partial charge in [0.25, 0.3) is 0 Å². The minimum absolute atomic E-state index is 0.0251. The lowest BCUT2D eigenvalue weighted by Gasteiger charge is -2.34. The van der Waals surface area contributed by atoms with E-state index in [1.807, 2.05) is 36.4 Å². The average molecular weight is 445 g/mol. The van der Waals surface area contributed by atoms with Gasteiger partial charge in [-0.25, -0.2) is 9.59 Å². The van der Waals surface area contributed by atoms with Crippen LogP contribution in [0.1, 0.15) is 29.3 Å². The highest BCUT2D eigenvalue weighted by molar-refractivity contribution is 5.93. The van der Waals surface area contributed by atoms with E-state index in [-0.39, 0.29) is 13.0 Å². The molecule has 168 valence electrons. The van der Waals surface area contributed by atoms with E-state index in [9.17, 15) is 19.5 Å². The van der Waals surface area contributed by atoms with E-state index in [0.29, 0.717) is 11.1 Å². The van der Waals surface area contributed by atoms with Gasteiger partial charge in [0.05, 0.1) is 6.42 Å². The van der Waals surface area contributed by atoms with Gasteiger partial charge < -0.3 is 14.6 Å². The zero-order chi connectivity index (χ0) is 23.3. The molecule has 1 aliphatic rings. The van der Waals surface area contributed by atoms with E-state index >= 15 is 0 Å². The summed E-state index contributed by atoms with van der Waals surface area (Å²) >= 11 is 0. The highest BCUT2D eigenvalue weighted by atomic mass is 16.6. The predicted octanol–water partition coefficient (Wildman–Crippen LogP) is 4.34. The number of ether oxygens (including phenoxy) is 2. The summed E-state index contributed by atoms with van der Waals surface area (Å²) in [4.78, 5) is 39.7. The third-order valence-corrected chi connectivity index (χ3v) is 5.56. The topological polar surface area (TPSA) is 93.1 Å².